The molecule has 0 aliphatic carbocycles. The molecule has 0 radical (unpaired) electrons. The molecule has 1 rings (SSSR count). The molecule has 0 aliphatic rings. The van der Waals surface area contributed by atoms with Crippen molar-refractivity contribution in [3.8, 4) is 0 Å². The number of hydrogen-bond donors (Lipinski definition) is 2. The highest BCUT2D eigenvalue weighted by atomic mass is 32.2. The fourth-order valence-electron chi connectivity index (χ4n) is 1.09. The number of rotatable bonds is 5. The first-order valence-corrected chi connectivity index (χ1v) is 5.52. The zero-order valence-corrected chi connectivity index (χ0v) is 8.87. The molecular weight excluding hydrogens is 216 g/mol. The molecule has 0 heterocycles. The number of nitro benzene ring substituents is 1. The van der Waals surface area contributed by atoms with Crippen LogP contribution in [0.3, 0.4) is 0 Å². The van der Waals surface area contributed by atoms with Gasteiger partial charge >= 0.3 is 0 Å². The molecule has 0 aliphatic heterocycles. The van der Waals surface area contributed by atoms with Crippen LogP contribution in [0.25, 0.3) is 0 Å². The number of aliphatic hydroxyl groups is 1. The monoisotopic (exact) mass is 228 g/mol. The summed E-state index contributed by atoms with van der Waals surface area (Å²) in [5.41, 5.74) is 6.42. The zero-order chi connectivity index (χ0) is 11.3. The number of nitrogens with zero attached hydrogens (tertiary/aromatic N) is 1. The van der Waals surface area contributed by atoms with Gasteiger partial charge in [0.1, 0.15) is 5.69 Å². The van der Waals surface area contributed by atoms with Gasteiger partial charge in [0.25, 0.3) is 5.69 Å². The summed E-state index contributed by atoms with van der Waals surface area (Å²) in [6.45, 7) is 0.113. The van der Waals surface area contributed by atoms with Gasteiger partial charge in [-0.05, 0) is 11.6 Å². The van der Waals surface area contributed by atoms with Crippen molar-refractivity contribution < 1.29 is 10.0 Å². The molecule has 15 heavy (non-hydrogen) atoms. The van der Waals surface area contributed by atoms with Crippen LogP contribution in [0.5, 0.6) is 0 Å². The Labute approximate surface area is 91.4 Å². The first kappa shape index (κ1) is 11.8. The SMILES string of the molecule is Nc1ccc(CSCCO)cc1[N+](=O)[O-]. The molecular formula is C9H12N2O3S. The fourth-order valence-corrected chi connectivity index (χ4v) is 1.78. The van der Waals surface area contributed by atoms with Crippen molar-refractivity contribution in [2.75, 3.05) is 18.1 Å². The second kappa shape index (κ2) is 5.57. The lowest BCUT2D eigenvalue weighted by Gasteiger charge is -2.02. The summed E-state index contributed by atoms with van der Waals surface area (Å²) in [5.74, 6) is 1.26. The van der Waals surface area contributed by atoms with Crippen LogP contribution in [-0.4, -0.2) is 22.4 Å². The molecule has 0 saturated heterocycles. The third kappa shape index (κ3) is 3.41. The molecule has 0 atom stereocenters. The van der Waals surface area contributed by atoms with Gasteiger partial charge < -0.3 is 10.8 Å². The topological polar surface area (TPSA) is 89.4 Å². The van der Waals surface area contributed by atoms with Crippen LogP contribution in [0, 0.1) is 10.1 Å². The molecule has 0 aromatic heterocycles. The molecule has 6 heteroatoms. The second-order valence-electron chi connectivity index (χ2n) is 2.93. The lowest BCUT2D eigenvalue weighted by atomic mass is 10.2. The molecule has 1 aromatic carbocycles. The van der Waals surface area contributed by atoms with Gasteiger partial charge in [-0.1, -0.05) is 6.07 Å². The predicted molar refractivity (Wildman–Crippen MR) is 60.8 cm³/mol. The third-order valence-corrected chi connectivity index (χ3v) is 2.80. The van der Waals surface area contributed by atoms with E-state index < -0.39 is 4.92 Å². The number of anilines is 1. The Kier molecular flexibility index (Phi) is 4.38. The molecule has 1 aromatic rings. The molecule has 0 saturated carbocycles. The maximum absolute atomic E-state index is 10.6. The first-order valence-electron chi connectivity index (χ1n) is 4.36. The summed E-state index contributed by atoms with van der Waals surface area (Å²) in [5, 5.41) is 19.2. The van der Waals surface area contributed by atoms with Crippen molar-refractivity contribution in [3.63, 3.8) is 0 Å². The van der Waals surface area contributed by atoms with Crippen LogP contribution in [-0.2, 0) is 5.75 Å². The average Bonchev–Trinajstić information content (AvgIpc) is 2.20. The average molecular weight is 228 g/mol. The maximum Gasteiger partial charge on any atom is 0.292 e. The van der Waals surface area contributed by atoms with Crippen LogP contribution in [0.2, 0.25) is 0 Å². The highest BCUT2D eigenvalue weighted by Crippen LogP contribution is 2.24. The summed E-state index contributed by atoms with van der Waals surface area (Å²) in [4.78, 5) is 10.1. The van der Waals surface area contributed by atoms with Crippen molar-refractivity contribution in [2.24, 2.45) is 0 Å². The van der Waals surface area contributed by atoms with Crippen LogP contribution in [0.4, 0.5) is 11.4 Å². The molecule has 82 valence electrons. The molecule has 0 amide bonds. The van der Waals surface area contributed by atoms with E-state index in [9.17, 15) is 10.1 Å². The highest BCUT2D eigenvalue weighted by molar-refractivity contribution is 7.98. The van der Waals surface area contributed by atoms with E-state index in [4.69, 9.17) is 10.8 Å². The number of nitro groups is 1. The first-order chi connectivity index (χ1) is 7.15. The largest absolute Gasteiger partial charge is 0.396 e. The third-order valence-electron chi connectivity index (χ3n) is 1.80. The lowest BCUT2D eigenvalue weighted by Crippen LogP contribution is -1.97. The normalized spacial score (nSPS) is 10.2. The Bertz CT molecular complexity index is 357. The Hall–Kier alpha value is -1.27. The van der Waals surface area contributed by atoms with Crippen molar-refractivity contribution in [1.82, 2.24) is 0 Å². The minimum atomic E-state index is -0.491. The van der Waals surface area contributed by atoms with Crippen molar-refractivity contribution in [2.45, 2.75) is 5.75 Å². The van der Waals surface area contributed by atoms with E-state index in [1.54, 1.807) is 6.07 Å². The van der Waals surface area contributed by atoms with E-state index in [1.165, 1.54) is 23.9 Å². The maximum atomic E-state index is 10.6. The van der Waals surface area contributed by atoms with E-state index in [0.717, 1.165) is 5.56 Å². The molecule has 0 unspecified atom stereocenters. The van der Waals surface area contributed by atoms with Gasteiger partial charge in [0.2, 0.25) is 0 Å². The smallest absolute Gasteiger partial charge is 0.292 e. The molecule has 3 N–H and O–H groups in total. The van der Waals surface area contributed by atoms with Gasteiger partial charge in [-0.25, -0.2) is 0 Å². The minimum absolute atomic E-state index is 0.0582. The predicted octanol–water partition coefficient (Wildman–Crippen LogP) is 1.40. The number of hydrogen-bond acceptors (Lipinski definition) is 5. The Balaban J connectivity index is 2.74. The fraction of sp³-hybridized carbons (Fsp3) is 0.333. The van der Waals surface area contributed by atoms with Crippen LogP contribution in [0.15, 0.2) is 18.2 Å². The molecule has 0 bridgehead atoms. The van der Waals surface area contributed by atoms with Gasteiger partial charge in [-0.2, -0.15) is 11.8 Å². The van der Waals surface area contributed by atoms with Crippen molar-refractivity contribution in [3.05, 3.63) is 33.9 Å². The summed E-state index contributed by atoms with van der Waals surface area (Å²) < 4.78 is 0. The van der Waals surface area contributed by atoms with Gasteiger partial charge in [0.05, 0.1) is 11.5 Å². The molecule has 5 nitrogen and oxygen atoms in total. The minimum Gasteiger partial charge on any atom is -0.396 e. The number of nitrogens with two attached hydrogens (primary N) is 1. The Morgan fingerprint density at radius 3 is 2.87 bits per heavy atom. The quantitative estimate of drug-likeness (QED) is 0.344. The molecule has 0 fully saturated rings. The number of nitrogen functional groups attached to an aromatic ring is 1. The van der Waals surface area contributed by atoms with Crippen LogP contribution >= 0.6 is 11.8 Å². The zero-order valence-electron chi connectivity index (χ0n) is 8.05. The standard InChI is InChI=1S/C9H12N2O3S/c10-8-2-1-7(6-15-4-3-12)5-9(8)11(13)14/h1-2,5,12H,3-4,6,10H2. The van der Waals surface area contributed by atoms with Gasteiger partial charge in [-0.3, -0.25) is 10.1 Å². The number of thioether (sulfide) groups is 1. The van der Waals surface area contributed by atoms with Crippen molar-refractivity contribution in [1.29, 1.82) is 0 Å². The Morgan fingerprint density at radius 2 is 2.27 bits per heavy atom. The van der Waals surface area contributed by atoms with Gasteiger partial charge in [0, 0.05) is 17.6 Å². The van der Waals surface area contributed by atoms with E-state index in [-0.39, 0.29) is 18.0 Å². The van der Waals surface area contributed by atoms with Crippen LogP contribution < -0.4 is 5.73 Å². The summed E-state index contributed by atoms with van der Waals surface area (Å²) in [6, 6.07) is 4.76. The number of benzene rings is 1. The number of aliphatic hydroxyl groups excluding tert-OH is 1. The van der Waals surface area contributed by atoms with Gasteiger partial charge in [-0.15, -0.1) is 0 Å². The van der Waals surface area contributed by atoms with Crippen LogP contribution in [0.1, 0.15) is 5.56 Å². The summed E-state index contributed by atoms with van der Waals surface area (Å²) in [6.07, 6.45) is 0. The highest BCUT2D eigenvalue weighted by Gasteiger charge is 2.11. The van der Waals surface area contributed by atoms with E-state index >= 15 is 0 Å². The second-order valence-corrected chi connectivity index (χ2v) is 4.03. The van der Waals surface area contributed by atoms with E-state index in [2.05, 4.69) is 0 Å². The van der Waals surface area contributed by atoms with Crippen molar-refractivity contribution >= 4 is 23.1 Å². The molecule has 0 spiro atoms. The lowest BCUT2D eigenvalue weighted by molar-refractivity contribution is -0.383. The summed E-state index contributed by atoms with van der Waals surface area (Å²) >= 11 is 1.52. The summed E-state index contributed by atoms with van der Waals surface area (Å²) in [7, 11) is 0. The van der Waals surface area contributed by atoms with E-state index in [1.807, 2.05) is 0 Å². The van der Waals surface area contributed by atoms with Gasteiger partial charge in [0.15, 0.2) is 0 Å². The van der Waals surface area contributed by atoms with E-state index in [0.29, 0.717) is 11.5 Å². The Morgan fingerprint density at radius 1 is 1.53 bits per heavy atom.